The van der Waals surface area contributed by atoms with Gasteiger partial charge in [0.2, 0.25) is 0 Å². The van der Waals surface area contributed by atoms with Crippen LogP contribution in [0.15, 0.2) is 42.7 Å². The minimum absolute atomic E-state index is 0.180. The van der Waals surface area contributed by atoms with Crippen molar-refractivity contribution < 1.29 is 14.6 Å². The monoisotopic (exact) mass is 488 g/mol. The zero-order valence-corrected chi connectivity index (χ0v) is 20.3. The minimum Gasteiger partial charge on any atom is -0.444 e. The van der Waals surface area contributed by atoms with Gasteiger partial charge in [-0.3, -0.25) is 4.90 Å². The summed E-state index contributed by atoms with van der Waals surface area (Å²) in [6.45, 7) is 6.66. The number of piperazine rings is 1. The van der Waals surface area contributed by atoms with Crippen molar-refractivity contribution in [2.75, 3.05) is 31.1 Å². The molecular formula is C24H26Cl2N4O3. The zero-order chi connectivity index (χ0) is 23.8. The lowest BCUT2D eigenvalue weighted by Crippen LogP contribution is -2.57. The number of hydrogen-bond donors (Lipinski definition) is 1. The Morgan fingerprint density at radius 1 is 1.15 bits per heavy atom. The van der Waals surface area contributed by atoms with Crippen LogP contribution >= 0.6 is 23.2 Å². The highest BCUT2D eigenvalue weighted by molar-refractivity contribution is 6.34. The Balaban J connectivity index is 1.66. The second-order valence-corrected chi connectivity index (χ2v) is 9.85. The molecule has 1 aliphatic rings. The van der Waals surface area contributed by atoms with E-state index in [2.05, 4.69) is 14.9 Å². The topological polar surface area (TPSA) is 78.8 Å². The van der Waals surface area contributed by atoms with E-state index in [9.17, 15) is 9.90 Å². The van der Waals surface area contributed by atoms with Crippen molar-refractivity contribution in [3.05, 3.63) is 52.8 Å². The molecule has 9 heteroatoms. The van der Waals surface area contributed by atoms with Crippen molar-refractivity contribution >= 4 is 46.0 Å². The van der Waals surface area contributed by atoms with Crippen LogP contribution in [0.5, 0.6) is 0 Å². The summed E-state index contributed by atoms with van der Waals surface area (Å²) in [5.74, 6) is 0.731. The standard InChI is InChI=1S/C24H26Cl2N4O3/c1-24(2,3)33-23(32)30-9-8-29(12-17(30)13-31)22-19-10-18(15-4-6-16(25)7-5-15)20(26)11-21(19)27-14-28-22/h4-7,10-11,14,17,31H,8-9,12-13H2,1-3H3. The molecule has 1 unspecified atom stereocenters. The number of rotatable bonds is 3. The molecule has 0 aliphatic carbocycles. The first-order chi connectivity index (χ1) is 15.7. The number of aliphatic hydroxyl groups is 1. The summed E-state index contributed by atoms with van der Waals surface area (Å²) in [6.07, 6.45) is 1.08. The molecule has 2 aromatic carbocycles. The van der Waals surface area contributed by atoms with Gasteiger partial charge in [0.1, 0.15) is 17.7 Å². The molecule has 1 atom stereocenters. The fourth-order valence-electron chi connectivity index (χ4n) is 3.93. The summed E-state index contributed by atoms with van der Waals surface area (Å²) in [5.41, 5.74) is 1.90. The molecule has 1 saturated heterocycles. The number of benzene rings is 2. The molecule has 0 bridgehead atoms. The van der Waals surface area contributed by atoms with Gasteiger partial charge in [-0.15, -0.1) is 0 Å². The molecule has 1 aromatic heterocycles. The maximum Gasteiger partial charge on any atom is 0.410 e. The molecule has 33 heavy (non-hydrogen) atoms. The Bertz CT molecular complexity index is 1160. The second kappa shape index (κ2) is 9.33. The predicted molar refractivity (Wildman–Crippen MR) is 131 cm³/mol. The van der Waals surface area contributed by atoms with Crippen molar-refractivity contribution in [1.29, 1.82) is 0 Å². The van der Waals surface area contributed by atoms with Crippen LogP contribution in [0.3, 0.4) is 0 Å². The van der Waals surface area contributed by atoms with Crippen LogP contribution < -0.4 is 4.90 Å². The van der Waals surface area contributed by atoms with Gasteiger partial charge in [-0.1, -0.05) is 35.3 Å². The van der Waals surface area contributed by atoms with E-state index in [4.69, 9.17) is 27.9 Å². The van der Waals surface area contributed by atoms with Crippen LogP contribution in [0.25, 0.3) is 22.0 Å². The highest BCUT2D eigenvalue weighted by atomic mass is 35.5. The molecule has 0 spiro atoms. The normalized spacial score (nSPS) is 16.8. The Morgan fingerprint density at radius 2 is 1.88 bits per heavy atom. The van der Waals surface area contributed by atoms with Crippen molar-refractivity contribution in [2.45, 2.75) is 32.4 Å². The van der Waals surface area contributed by atoms with Crippen molar-refractivity contribution in [2.24, 2.45) is 0 Å². The van der Waals surface area contributed by atoms with E-state index in [0.717, 1.165) is 27.8 Å². The number of fused-ring (bicyclic) bond motifs is 1. The maximum atomic E-state index is 12.6. The number of aromatic nitrogens is 2. The number of ether oxygens (including phenoxy) is 1. The molecule has 2 heterocycles. The Labute approximate surface area is 202 Å². The fourth-order valence-corrected chi connectivity index (χ4v) is 4.32. The fraction of sp³-hybridized carbons (Fsp3) is 0.375. The van der Waals surface area contributed by atoms with E-state index in [-0.39, 0.29) is 6.61 Å². The number of hydrogen-bond acceptors (Lipinski definition) is 6. The highest BCUT2D eigenvalue weighted by Crippen LogP contribution is 2.35. The third kappa shape index (κ3) is 5.16. The van der Waals surface area contributed by atoms with Gasteiger partial charge < -0.3 is 14.7 Å². The van der Waals surface area contributed by atoms with Crippen LogP contribution in [0, 0.1) is 0 Å². The number of halogens is 2. The second-order valence-electron chi connectivity index (χ2n) is 9.01. The van der Waals surface area contributed by atoms with E-state index in [1.165, 1.54) is 6.33 Å². The molecule has 1 aliphatic heterocycles. The smallest absolute Gasteiger partial charge is 0.410 e. The summed E-state index contributed by atoms with van der Waals surface area (Å²) >= 11 is 12.6. The van der Waals surface area contributed by atoms with Gasteiger partial charge in [0.15, 0.2) is 0 Å². The summed E-state index contributed by atoms with van der Waals surface area (Å²) < 4.78 is 5.51. The molecule has 0 saturated carbocycles. The number of carbonyl (C=O) groups is 1. The number of anilines is 1. The summed E-state index contributed by atoms with van der Waals surface area (Å²) in [6, 6.07) is 10.9. The van der Waals surface area contributed by atoms with Gasteiger partial charge in [0.05, 0.1) is 23.2 Å². The molecule has 174 valence electrons. The minimum atomic E-state index is -0.603. The lowest BCUT2D eigenvalue weighted by molar-refractivity contribution is 0.00701. The first kappa shape index (κ1) is 23.5. The zero-order valence-electron chi connectivity index (χ0n) is 18.8. The molecule has 7 nitrogen and oxygen atoms in total. The van der Waals surface area contributed by atoms with Gasteiger partial charge in [-0.25, -0.2) is 14.8 Å². The lowest BCUT2D eigenvalue weighted by atomic mass is 10.0. The van der Waals surface area contributed by atoms with Crippen LogP contribution in [0.2, 0.25) is 10.0 Å². The van der Waals surface area contributed by atoms with Crippen molar-refractivity contribution in [3.8, 4) is 11.1 Å². The molecule has 3 aromatic rings. The molecule has 0 radical (unpaired) electrons. The average Bonchev–Trinajstić information content (AvgIpc) is 2.77. The average molecular weight is 489 g/mol. The number of nitrogens with zero attached hydrogens (tertiary/aromatic N) is 4. The van der Waals surface area contributed by atoms with Crippen LogP contribution in [0.1, 0.15) is 20.8 Å². The van der Waals surface area contributed by atoms with Gasteiger partial charge in [0.25, 0.3) is 0 Å². The van der Waals surface area contributed by atoms with E-state index in [1.54, 1.807) is 4.90 Å². The van der Waals surface area contributed by atoms with Crippen LogP contribution in [-0.4, -0.2) is 64.0 Å². The molecule has 4 rings (SSSR count). The number of carbonyl (C=O) groups excluding carboxylic acids is 1. The van der Waals surface area contributed by atoms with E-state index < -0.39 is 17.7 Å². The van der Waals surface area contributed by atoms with Crippen LogP contribution in [0.4, 0.5) is 10.6 Å². The summed E-state index contributed by atoms with van der Waals surface area (Å²) in [5, 5.41) is 12.1. The maximum absolute atomic E-state index is 12.6. The van der Waals surface area contributed by atoms with Crippen LogP contribution in [-0.2, 0) is 4.74 Å². The van der Waals surface area contributed by atoms with Gasteiger partial charge >= 0.3 is 6.09 Å². The quantitative estimate of drug-likeness (QED) is 0.557. The van der Waals surface area contributed by atoms with Gasteiger partial charge in [0, 0.05) is 35.6 Å². The lowest BCUT2D eigenvalue weighted by Gasteiger charge is -2.41. The SMILES string of the molecule is CC(C)(C)OC(=O)N1CCN(c2ncnc3cc(Cl)c(-c4ccc(Cl)cc4)cc23)CC1CO. The molecular weight excluding hydrogens is 463 g/mol. The van der Waals surface area contributed by atoms with Crippen molar-refractivity contribution in [1.82, 2.24) is 14.9 Å². The van der Waals surface area contributed by atoms with E-state index >= 15 is 0 Å². The van der Waals surface area contributed by atoms with Crippen molar-refractivity contribution in [3.63, 3.8) is 0 Å². The first-order valence-corrected chi connectivity index (χ1v) is 11.5. The summed E-state index contributed by atoms with van der Waals surface area (Å²) in [7, 11) is 0. The van der Waals surface area contributed by atoms with E-state index in [1.807, 2.05) is 57.2 Å². The number of amides is 1. The Morgan fingerprint density at radius 3 is 2.55 bits per heavy atom. The summed E-state index contributed by atoms with van der Waals surface area (Å²) in [4.78, 5) is 25.2. The molecule has 1 fully saturated rings. The largest absolute Gasteiger partial charge is 0.444 e. The highest BCUT2D eigenvalue weighted by Gasteiger charge is 2.34. The van der Waals surface area contributed by atoms with Gasteiger partial charge in [-0.05, 0) is 50.6 Å². The van der Waals surface area contributed by atoms with E-state index in [0.29, 0.717) is 29.7 Å². The third-order valence-corrected chi connectivity index (χ3v) is 6.04. The number of aliphatic hydroxyl groups excluding tert-OH is 1. The first-order valence-electron chi connectivity index (χ1n) is 10.7. The third-order valence-electron chi connectivity index (χ3n) is 5.48. The molecule has 1 N–H and O–H groups in total. The van der Waals surface area contributed by atoms with Gasteiger partial charge in [-0.2, -0.15) is 0 Å². The predicted octanol–water partition coefficient (Wildman–Crippen LogP) is 5.02. The Hall–Kier alpha value is -2.61. The molecule has 1 amide bonds. The Kier molecular flexibility index (Phi) is 6.66.